The van der Waals surface area contributed by atoms with Crippen LogP contribution in [0.1, 0.15) is 18.2 Å². The Morgan fingerprint density at radius 2 is 1.86 bits per heavy atom. The largest absolute Gasteiger partial charge is 0.354 e. The second-order valence-corrected chi connectivity index (χ2v) is 9.28. The number of pyridine rings is 2. The molecule has 1 aliphatic heterocycles. The second kappa shape index (κ2) is 10.5. The summed E-state index contributed by atoms with van der Waals surface area (Å²) in [4.78, 5) is 42.5. The zero-order chi connectivity index (χ0) is 25.9. The van der Waals surface area contributed by atoms with Gasteiger partial charge in [-0.15, -0.1) is 0 Å². The maximum absolute atomic E-state index is 13.9. The fourth-order valence-corrected chi connectivity index (χ4v) is 4.72. The van der Waals surface area contributed by atoms with E-state index in [9.17, 15) is 9.59 Å². The summed E-state index contributed by atoms with van der Waals surface area (Å²) in [7, 11) is 0. The number of anilines is 1. The number of nitrogens with zero attached hydrogens (tertiary/aromatic N) is 5. The first-order valence-electron chi connectivity index (χ1n) is 12.6. The molecule has 5 rings (SSSR count). The number of aryl methyl sites for hydroxylation is 2. The molecule has 1 aromatic carbocycles. The summed E-state index contributed by atoms with van der Waals surface area (Å²) < 4.78 is 1.49. The second-order valence-electron chi connectivity index (χ2n) is 9.28. The molecule has 4 aromatic rings. The minimum atomic E-state index is -0.248. The molecule has 0 radical (unpaired) electrons. The van der Waals surface area contributed by atoms with Crippen LogP contribution in [-0.4, -0.2) is 63.0 Å². The van der Waals surface area contributed by atoms with E-state index in [-0.39, 0.29) is 18.0 Å². The molecular formula is C28H31N7O2. The number of nitrogens with one attached hydrogen (secondary N) is 2. The summed E-state index contributed by atoms with van der Waals surface area (Å²) in [5.74, 6) is 0.333. The van der Waals surface area contributed by atoms with Crippen LogP contribution >= 0.6 is 0 Å². The highest BCUT2D eigenvalue weighted by Crippen LogP contribution is 2.28. The predicted octanol–water partition coefficient (Wildman–Crippen LogP) is 3.00. The standard InChI is InChI=1S/C28H31N7O2/c1-4-30-28-31-16-21-15-23(22-9-8-20(14-18(22)2)24-7-5-6-19(3)32-24)27(37)35(26(21)33-28)17-25(36)34-12-10-29-11-13-34/h5-9,14-16,29H,4,10-13,17H2,1-3H3,(H,30,31,33). The predicted molar refractivity (Wildman–Crippen MR) is 146 cm³/mol. The Morgan fingerprint density at radius 1 is 1.05 bits per heavy atom. The number of hydrogen-bond acceptors (Lipinski definition) is 7. The zero-order valence-corrected chi connectivity index (χ0v) is 21.4. The van der Waals surface area contributed by atoms with Gasteiger partial charge in [0.05, 0.1) is 5.69 Å². The number of benzene rings is 1. The Labute approximate surface area is 215 Å². The summed E-state index contributed by atoms with van der Waals surface area (Å²) >= 11 is 0. The van der Waals surface area contributed by atoms with E-state index in [0.29, 0.717) is 42.2 Å². The Hall–Kier alpha value is -4.11. The third-order valence-corrected chi connectivity index (χ3v) is 6.63. The van der Waals surface area contributed by atoms with Gasteiger partial charge in [-0.05, 0) is 56.2 Å². The van der Waals surface area contributed by atoms with E-state index in [4.69, 9.17) is 0 Å². The molecule has 9 nitrogen and oxygen atoms in total. The third-order valence-electron chi connectivity index (χ3n) is 6.63. The van der Waals surface area contributed by atoms with E-state index < -0.39 is 0 Å². The molecule has 0 bridgehead atoms. The van der Waals surface area contributed by atoms with Gasteiger partial charge < -0.3 is 15.5 Å². The molecule has 0 atom stereocenters. The Bertz CT molecular complexity index is 1520. The first kappa shape index (κ1) is 24.6. The molecule has 190 valence electrons. The molecule has 1 amide bonds. The van der Waals surface area contributed by atoms with E-state index in [1.54, 1.807) is 11.1 Å². The third kappa shape index (κ3) is 5.08. The van der Waals surface area contributed by atoms with Crippen molar-refractivity contribution in [2.75, 3.05) is 38.0 Å². The van der Waals surface area contributed by atoms with Gasteiger partial charge >= 0.3 is 0 Å². The average molecular weight is 498 g/mol. The Morgan fingerprint density at radius 3 is 2.59 bits per heavy atom. The lowest BCUT2D eigenvalue weighted by Crippen LogP contribution is -2.48. The van der Waals surface area contributed by atoms with Crippen LogP contribution in [0.25, 0.3) is 33.4 Å². The molecule has 0 spiro atoms. The molecule has 0 saturated carbocycles. The van der Waals surface area contributed by atoms with Crippen LogP contribution in [0.2, 0.25) is 0 Å². The van der Waals surface area contributed by atoms with Gasteiger partial charge in [-0.1, -0.05) is 18.2 Å². The lowest BCUT2D eigenvalue weighted by Gasteiger charge is -2.28. The van der Waals surface area contributed by atoms with Gasteiger partial charge in [0.1, 0.15) is 12.2 Å². The summed E-state index contributed by atoms with van der Waals surface area (Å²) in [6.07, 6.45) is 1.70. The highest BCUT2D eigenvalue weighted by atomic mass is 16.2. The van der Waals surface area contributed by atoms with Crippen LogP contribution in [0.5, 0.6) is 0 Å². The van der Waals surface area contributed by atoms with Gasteiger partial charge in [0, 0.05) is 61.1 Å². The number of fused-ring (bicyclic) bond motifs is 1. The Kier molecular flexibility index (Phi) is 6.96. The van der Waals surface area contributed by atoms with Gasteiger partial charge in [-0.2, -0.15) is 4.98 Å². The van der Waals surface area contributed by atoms with Gasteiger partial charge in [-0.25, -0.2) is 4.98 Å². The molecule has 0 aliphatic carbocycles. The molecule has 4 heterocycles. The number of aromatic nitrogens is 4. The molecular weight excluding hydrogens is 466 g/mol. The number of rotatable bonds is 6. The van der Waals surface area contributed by atoms with Crippen molar-refractivity contribution in [1.29, 1.82) is 0 Å². The summed E-state index contributed by atoms with van der Waals surface area (Å²) in [6.45, 7) is 9.21. The van der Waals surface area contributed by atoms with E-state index in [2.05, 4.69) is 25.6 Å². The minimum Gasteiger partial charge on any atom is -0.354 e. The van der Waals surface area contributed by atoms with Gasteiger partial charge in [0.2, 0.25) is 11.9 Å². The number of carbonyl (C=O) groups is 1. The number of piperazine rings is 1. The first-order chi connectivity index (χ1) is 17.9. The smallest absolute Gasteiger partial charge is 0.260 e. The minimum absolute atomic E-state index is 0.0733. The Balaban J connectivity index is 1.61. The monoisotopic (exact) mass is 497 g/mol. The van der Waals surface area contributed by atoms with Crippen molar-refractivity contribution in [3.8, 4) is 22.4 Å². The van der Waals surface area contributed by atoms with Crippen molar-refractivity contribution in [3.05, 3.63) is 70.3 Å². The normalized spacial score (nSPS) is 13.6. The van der Waals surface area contributed by atoms with Crippen LogP contribution in [-0.2, 0) is 11.3 Å². The summed E-state index contributed by atoms with van der Waals surface area (Å²) in [6, 6.07) is 13.7. The van der Waals surface area contributed by atoms with Crippen LogP contribution < -0.4 is 16.2 Å². The van der Waals surface area contributed by atoms with Crippen LogP contribution in [0, 0.1) is 13.8 Å². The van der Waals surface area contributed by atoms with Gasteiger partial charge in [0.25, 0.3) is 5.56 Å². The van der Waals surface area contributed by atoms with Gasteiger partial charge in [0.15, 0.2) is 0 Å². The molecule has 1 fully saturated rings. The SMILES string of the molecule is CCNc1ncc2cc(-c3ccc(-c4cccc(C)n4)cc3C)c(=O)n(CC(=O)N3CCNCC3)c2n1. The van der Waals surface area contributed by atoms with E-state index >= 15 is 0 Å². The average Bonchev–Trinajstić information content (AvgIpc) is 2.91. The van der Waals surface area contributed by atoms with E-state index in [0.717, 1.165) is 41.2 Å². The van der Waals surface area contributed by atoms with E-state index in [1.165, 1.54) is 4.57 Å². The maximum Gasteiger partial charge on any atom is 0.260 e. The van der Waals surface area contributed by atoms with Gasteiger partial charge in [-0.3, -0.25) is 19.1 Å². The highest BCUT2D eigenvalue weighted by molar-refractivity contribution is 5.85. The molecule has 2 N–H and O–H groups in total. The fourth-order valence-electron chi connectivity index (χ4n) is 4.72. The van der Waals surface area contributed by atoms with Crippen molar-refractivity contribution in [1.82, 2.24) is 29.7 Å². The molecule has 37 heavy (non-hydrogen) atoms. The summed E-state index contributed by atoms with van der Waals surface area (Å²) in [5.41, 5.74) is 5.28. The number of amides is 1. The topological polar surface area (TPSA) is 105 Å². The number of hydrogen-bond donors (Lipinski definition) is 2. The number of carbonyl (C=O) groups excluding carboxylic acids is 1. The molecule has 0 unspecified atom stereocenters. The summed E-state index contributed by atoms with van der Waals surface area (Å²) in [5, 5.41) is 7.06. The van der Waals surface area contributed by atoms with Crippen molar-refractivity contribution >= 4 is 22.9 Å². The van der Waals surface area contributed by atoms with E-state index in [1.807, 2.05) is 63.2 Å². The lowest BCUT2D eigenvalue weighted by molar-refractivity contribution is -0.132. The zero-order valence-electron chi connectivity index (χ0n) is 21.4. The van der Waals surface area contributed by atoms with Crippen LogP contribution in [0.15, 0.2) is 53.5 Å². The van der Waals surface area contributed by atoms with Crippen LogP contribution in [0.3, 0.4) is 0 Å². The molecule has 9 heteroatoms. The molecule has 3 aromatic heterocycles. The van der Waals surface area contributed by atoms with Crippen molar-refractivity contribution < 1.29 is 4.79 Å². The fraction of sp³-hybridized carbons (Fsp3) is 0.321. The van der Waals surface area contributed by atoms with Crippen molar-refractivity contribution in [2.45, 2.75) is 27.3 Å². The molecule has 1 saturated heterocycles. The highest BCUT2D eigenvalue weighted by Gasteiger charge is 2.21. The quantitative estimate of drug-likeness (QED) is 0.422. The molecule has 1 aliphatic rings. The van der Waals surface area contributed by atoms with Crippen LogP contribution in [0.4, 0.5) is 5.95 Å². The first-order valence-corrected chi connectivity index (χ1v) is 12.6. The lowest BCUT2D eigenvalue weighted by atomic mass is 9.97. The maximum atomic E-state index is 13.9. The van der Waals surface area contributed by atoms with Crippen molar-refractivity contribution in [2.24, 2.45) is 0 Å². The van der Waals surface area contributed by atoms with Crippen molar-refractivity contribution in [3.63, 3.8) is 0 Å².